The van der Waals surface area contributed by atoms with Crippen LogP contribution in [-0.4, -0.2) is 65.1 Å². The third kappa shape index (κ3) is 5.19. The van der Waals surface area contributed by atoms with Crippen molar-refractivity contribution < 1.29 is 4.79 Å². The van der Waals surface area contributed by atoms with E-state index in [-0.39, 0.29) is 6.03 Å². The van der Waals surface area contributed by atoms with Gasteiger partial charge in [-0.25, -0.2) is 14.8 Å². The Bertz CT molecular complexity index is 742. The SMILES string of the molecule is CCN(CC)Cc1ccccc1CNC(=O)N1CCN(c2ncccn2)CC1. The van der Waals surface area contributed by atoms with Crippen LogP contribution < -0.4 is 10.2 Å². The molecule has 0 radical (unpaired) electrons. The highest BCUT2D eigenvalue weighted by molar-refractivity contribution is 5.74. The summed E-state index contributed by atoms with van der Waals surface area (Å²) >= 11 is 0. The molecule has 1 aromatic carbocycles. The van der Waals surface area contributed by atoms with Crippen LogP contribution in [0.25, 0.3) is 0 Å². The maximum absolute atomic E-state index is 12.6. The molecule has 7 nitrogen and oxygen atoms in total. The van der Waals surface area contributed by atoms with Gasteiger partial charge in [-0.2, -0.15) is 0 Å². The second-order valence-electron chi connectivity index (χ2n) is 6.91. The minimum Gasteiger partial charge on any atom is -0.337 e. The number of hydrogen-bond donors (Lipinski definition) is 1. The number of hydrogen-bond acceptors (Lipinski definition) is 5. The Hall–Kier alpha value is -2.67. The molecule has 150 valence electrons. The first-order chi connectivity index (χ1) is 13.7. The molecule has 28 heavy (non-hydrogen) atoms. The largest absolute Gasteiger partial charge is 0.337 e. The predicted molar refractivity (Wildman–Crippen MR) is 111 cm³/mol. The zero-order valence-corrected chi connectivity index (χ0v) is 16.8. The number of rotatable bonds is 7. The van der Waals surface area contributed by atoms with Crippen molar-refractivity contribution in [1.29, 1.82) is 0 Å². The van der Waals surface area contributed by atoms with E-state index < -0.39 is 0 Å². The van der Waals surface area contributed by atoms with E-state index in [1.165, 1.54) is 11.1 Å². The molecule has 3 rings (SSSR count). The third-order valence-electron chi connectivity index (χ3n) is 5.24. The highest BCUT2D eigenvalue weighted by Gasteiger charge is 2.22. The van der Waals surface area contributed by atoms with E-state index in [0.29, 0.717) is 19.6 Å². The van der Waals surface area contributed by atoms with Crippen molar-refractivity contribution in [1.82, 2.24) is 25.1 Å². The topological polar surface area (TPSA) is 64.6 Å². The van der Waals surface area contributed by atoms with Crippen LogP contribution >= 0.6 is 0 Å². The average Bonchev–Trinajstić information content (AvgIpc) is 2.77. The lowest BCUT2D eigenvalue weighted by Gasteiger charge is -2.34. The molecule has 1 N–H and O–H groups in total. The second-order valence-corrected chi connectivity index (χ2v) is 6.91. The van der Waals surface area contributed by atoms with E-state index in [9.17, 15) is 4.79 Å². The summed E-state index contributed by atoms with van der Waals surface area (Å²) in [5.74, 6) is 0.730. The van der Waals surface area contributed by atoms with E-state index >= 15 is 0 Å². The molecule has 0 spiro atoms. The lowest BCUT2D eigenvalue weighted by molar-refractivity contribution is 0.193. The lowest BCUT2D eigenvalue weighted by atomic mass is 10.1. The van der Waals surface area contributed by atoms with Crippen LogP contribution in [0.4, 0.5) is 10.7 Å². The first-order valence-electron chi connectivity index (χ1n) is 10.0. The predicted octanol–water partition coefficient (Wildman–Crippen LogP) is 2.35. The molecule has 0 bridgehead atoms. The van der Waals surface area contributed by atoms with Gasteiger partial charge in [0.25, 0.3) is 0 Å². The van der Waals surface area contributed by atoms with Gasteiger partial charge in [0.2, 0.25) is 5.95 Å². The van der Waals surface area contributed by atoms with E-state index in [0.717, 1.165) is 38.7 Å². The van der Waals surface area contributed by atoms with Gasteiger partial charge in [0.1, 0.15) is 0 Å². The van der Waals surface area contributed by atoms with Gasteiger partial charge < -0.3 is 15.1 Å². The highest BCUT2D eigenvalue weighted by atomic mass is 16.2. The second kappa shape index (κ2) is 10.0. The van der Waals surface area contributed by atoms with Crippen LogP contribution in [0.2, 0.25) is 0 Å². The van der Waals surface area contributed by atoms with Crippen LogP contribution in [0.5, 0.6) is 0 Å². The van der Waals surface area contributed by atoms with Crippen LogP contribution in [0.3, 0.4) is 0 Å². The Morgan fingerprint density at radius 1 is 1.00 bits per heavy atom. The maximum atomic E-state index is 12.6. The summed E-state index contributed by atoms with van der Waals surface area (Å²) in [5, 5.41) is 3.09. The quantitative estimate of drug-likeness (QED) is 0.796. The Labute approximate surface area is 167 Å². The van der Waals surface area contributed by atoms with Crippen molar-refractivity contribution in [2.45, 2.75) is 26.9 Å². The number of amides is 2. The molecule has 0 aliphatic carbocycles. The molecular weight excluding hydrogens is 352 g/mol. The summed E-state index contributed by atoms with van der Waals surface area (Å²) in [6.07, 6.45) is 3.49. The normalized spacial score (nSPS) is 14.4. The summed E-state index contributed by atoms with van der Waals surface area (Å²) in [6, 6.07) is 10.2. The molecule has 2 amide bonds. The number of anilines is 1. The van der Waals surface area contributed by atoms with E-state index in [2.05, 4.69) is 57.1 Å². The molecule has 0 unspecified atom stereocenters. The Balaban J connectivity index is 1.51. The van der Waals surface area contributed by atoms with Crippen molar-refractivity contribution in [3.63, 3.8) is 0 Å². The number of urea groups is 1. The molecule has 1 fully saturated rings. The van der Waals surface area contributed by atoms with Crippen molar-refractivity contribution in [3.05, 3.63) is 53.9 Å². The van der Waals surface area contributed by atoms with Gasteiger partial charge in [-0.05, 0) is 30.3 Å². The zero-order chi connectivity index (χ0) is 19.8. The van der Waals surface area contributed by atoms with Crippen LogP contribution in [-0.2, 0) is 13.1 Å². The molecule has 7 heteroatoms. The molecule has 0 saturated carbocycles. The fourth-order valence-corrected chi connectivity index (χ4v) is 3.42. The molecule has 1 aliphatic heterocycles. The van der Waals surface area contributed by atoms with Crippen molar-refractivity contribution in [3.8, 4) is 0 Å². The summed E-state index contributed by atoms with van der Waals surface area (Å²) in [6.45, 7) is 10.7. The number of aromatic nitrogens is 2. The first kappa shape index (κ1) is 20.1. The van der Waals surface area contributed by atoms with Crippen molar-refractivity contribution in [2.75, 3.05) is 44.2 Å². The smallest absolute Gasteiger partial charge is 0.317 e. The van der Waals surface area contributed by atoms with E-state index in [1.807, 2.05) is 17.0 Å². The minimum absolute atomic E-state index is 0.00808. The van der Waals surface area contributed by atoms with Crippen LogP contribution in [0, 0.1) is 0 Å². The van der Waals surface area contributed by atoms with E-state index in [4.69, 9.17) is 0 Å². The summed E-state index contributed by atoms with van der Waals surface area (Å²) in [4.78, 5) is 27.6. The van der Waals surface area contributed by atoms with Gasteiger partial charge in [-0.1, -0.05) is 38.1 Å². The minimum atomic E-state index is -0.00808. The molecule has 1 saturated heterocycles. The van der Waals surface area contributed by atoms with Gasteiger partial charge in [-0.3, -0.25) is 4.90 Å². The highest BCUT2D eigenvalue weighted by Crippen LogP contribution is 2.13. The fraction of sp³-hybridized carbons (Fsp3) is 0.476. The standard InChI is InChI=1S/C21H30N6O/c1-3-25(4-2)17-19-9-6-5-8-18(19)16-24-21(28)27-14-12-26(13-15-27)20-22-10-7-11-23-20/h5-11H,3-4,12-17H2,1-2H3,(H,24,28). The Kier molecular flexibility index (Phi) is 7.19. The number of piperazine rings is 1. The Morgan fingerprint density at radius 3 is 2.29 bits per heavy atom. The zero-order valence-electron chi connectivity index (χ0n) is 16.8. The number of carbonyl (C=O) groups is 1. The number of nitrogens with zero attached hydrogens (tertiary/aromatic N) is 5. The average molecular weight is 383 g/mol. The molecule has 0 atom stereocenters. The van der Waals surface area contributed by atoms with Gasteiger partial charge in [0.15, 0.2) is 0 Å². The maximum Gasteiger partial charge on any atom is 0.317 e. The number of nitrogens with one attached hydrogen (secondary N) is 1. The van der Waals surface area contributed by atoms with Gasteiger partial charge in [0, 0.05) is 51.7 Å². The first-order valence-corrected chi connectivity index (χ1v) is 10.0. The van der Waals surface area contributed by atoms with Gasteiger partial charge >= 0.3 is 6.03 Å². The number of benzene rings is 1. The molecule has 2 heterocycles. The molecule has 2 aromatic rings. The van der Waals surface area contributed by atoms with E-state index in [1.54, 1.807) is 12.4 Å². The summed E-state index contributed by atoms with van der Waals surface area (Å²) in [5.41, 5.74) is 2.46. The van der Waals surface area contributed by atoms with Crippen molar-refractivity contribution in [2.24, 2.45) is 0 Å². The monoisotopic (exact) mass is 382 g/mol. The molecule has 1 aliphatic rings. The number of carbonyl (C=O) groups excluding carboxylic acids is 1. The molecular formula is C21H30N6O. The lowest BCUT2D eigenvalue weighted by Crippen LogP contribution is -2.52. The molecule has 1 aromatic heterocycles. The van der Waals surface area contributed by atoms with Crippen LogP contribution in [0.15, 0.2) is 42.7 Å². The summed E-state index contributed by atoms with van der Waals surface area (Å²) < 4.78 is 0. The van der Waals surface area contributed by atoms with Gasteiger partial charge in [-0.15, -0.1) is 0 Å². The van der Waals surface area contributed by atoms with Crippen LogP contribution in [0.1, 0.15) is 25.0 Å². The van der Waals surface area contributed by atoms with Crippen molar-refractivity contribution >= 4 is 12.0 Å². The third-order valence-corrected chi connectivity index (χ3v) is 5.24. The summed E-state index contributed by atoms with van der Waals surface area (Å²) in [7, 11) is 0. The fourth-order valence-electron chi connectivity index (χ4n) is 3.42. The van der Waals surface area contributed by atoms with Gasteiger partial charge in [0.05, 0.1) is 0 Å². The Morgan fingerprint density at radius 2 is 1.64 bits per heavy atom.